The summed E-state index contributed by atoms with van der Waals surface area (Å²) in [4.78, 5) is 0. The number of ether oxygens (including phenoxy) is 2. The van der Waals surface area contributed by atoms with Gasteiger partial charge in [-0.15, -0.1) is 0 Å². The molecule has 6 nitrogen and oxygen atoms in total. The third-order valence-corrected chi connectivity index (χ3v) is 7.73. The smallest absolute Gasteiger partial charge is 0.100 e. The van der Waals surface area contributed by atoms with E-state index in [9.17, 15) is 10.2 Å². The molecule has 2 rings (SSSR count). The Balaban J connectivity index is 0.000000320. The van der Waals surface area contributed by atoms with Gasteiger partial charge in [-0.25, -0.2) is 0 Å². The van der Waals surface area contributed by atoms with Crippen LogP contribution in [-0.4, -0.2) is 70.3 Å². The van der Waals surface area contributed by atoms with Crippen molar-refractivity contribution < 1.29 is 29.9 Å². The molecule has 2 atom stereocenters. The summed E-state index contributed by atoms with van der Waals surface area (Å²) in [6.45, 7) is 13.4. The van der Waals surface area contributed by atoms with Crippen LogP contribution in [0.5, 0.6) is 0 Å². The fourth-order valence-electron chi connectivity index (χ4n) is 4.82. The fraction of sp³-hybridized carbons (Fsp3) is 1.00. The first kappa shape index (κ1) is 29.8. The molecule has 0 radical (unpaired) electrons. The van der Waals surface area contributed by atoms with Crippen molar-refractivity contribution in [3.8, 4) is 0 Å². The minimum Gasteiger partial charge on any atom is -0.394 e. The zero-order valence-electron chi connectivity index (χ0n) is 21.6. The van der Waals surface area contributed by atoms with Gasteiger partial charge < -0.3 is 29.9 Å². The van der Waals surface area contributed by atoms with Crippen LogP contribution in [0.3, 0.4) is 0 Å². The van der Waals surface area contributed by atoms with Crippen LogP contribution in [0.25, 0.3) is 0 Å². The van der Waals surface area contributed by atoms with Gasteiger partial charge in [0.2, 0.25) is 0 Å². The zero-order valence-corrected chi connectivity index (χ0v) is 21.6. The Bertz CT molecular complexity index is 435. The van der Waals surface area contributed by atoms with Crippen LogP contribution in [-0.2, 0) is 9.47 Å². The van der Waals surface area contributed by atoms with Crippen LogP contribution < -0.4 is 0 Å². The number of aliphatic hydroxyl groups is 4. The van der Waals surface area contributed by atoms with Crippen molar-refractivity contribution >= 4 is 0 Å². The summed E-state index contributed by atoms with van der Waals surface area (Å²) in [5, 5.41) is 36.0. The Hall–Kier alpha value is -0.240. The Morgan fingerprint density at radius 2 is 0.938 bits per heavy atom. The van der Waals surface area contributed by atoms with Gasteiger partial charge >= 0.3 is 0 Å². The molecule has 4 N–H and O–H groups in total. The van der Waals surface area contributed by atoms with E-state index in [1.54, 1.807) is 0 Å². The van der Waals surface area contributed by atoms with Crippen LogP contribution >= 0.6 is 0 Å². The first-order chi connectivity index (χ1) is 14.9. The summed E-state index contributed by atoms with van der Waals surface area (Å²) in [5.41, 5.74) is -0.191. The molecule has 0 saturated heterocycles. The molecule has 0 amide bonds. The van der Waals surface area contributed by atoms with Crippen molar-refractivity contribution in [2.45, 2.75) is 116 Å². The predicted octanol–water partition coefficient (Wildman–Crippen LogP) is 3.92. The second-order valence-corrected chi connectivity index (χ2v) is 11.4. The Labute approximate surface area is 196 Å². The van der Waals surface area contributed by atoms with E-state index in [0.29, 0.717) is 0 Å². The maximum atomic E-state index is 9.27. The highest BCUT2D eigenvalue weighted by Crippen LogP contribution is 2.38. The SMILES string of the molecule is CC(C)C1CCC(C)(OCC(O)CO)CC1.CC(C)C1CCC(C)(OCC(O)CO)CC1. The van der Waals surface area contributed by atoms with Gasteiger partial charge in [0.25, 0.3) is 0 Å². The van der Waals surface area contributed by atoms with Crippen molar-refractivity contribution in [3.63, 3.8) is 0 Å². The molecule has 0 aliphatic heterocycles. The molecule has 32 heavy (non-hydrogen) atoms. The molecule has 2 saturated carbocycles. The summed E-state index contributed by atoms with van der Waals surface area (Å²) >= 11 is 0. The minimum absolute atomic E-state index is 0.0957. The molecular weight excluding hydrogens is 408 g/mol. The zero-order chi connectivity index (χ0) is 24.4. The van der Waals surface area contributed by atoms with Crippen LogP contribution in [0.4, 0.5) is 0 Å². The Morgan fingerprint density at radius 3 is 1.16 bits per heavy atom. The topological polar surface area (TPSA) is 99.4 Å². The van der Waals surface area contributed by atoms with E-state index >= 15 is 0 Å². The average Bonchev–Trinajstić information content (AvgIpc) is 2.77. The van der Waals surface area contributed by atoms with Crippen molar-refractivity contribution in [1.82, 2.24) is 0 Å². The molecule has 2 aliphatic carbocycles. The van der Waals surface area contributed by atoms with E-state index in [-0.39, 0.29) is 37.6 Å². The highest BCUT2D eigenvalue weighted by atomic mass is 16.5. The largest absolute Gasteiger partial charge is 0.394 e. The predicted molar refractivity (Wildman–Crippen MR) is 128 cm³/mol. The van der Waals surface area contributed by atoms with Crippen molar-refractivity contribution in [3.05, 3.63) is 0 Å². The maximum Gasteiger partial charge on any atom is 0.100 e. The molecule has 192 valence electrons. The number of hydrogen-bond acceptors (Lipinski definition) is 6. The molecule has 0 aromatic carbocycles. The summed E-state index contributed by atoms with van der Waals surface area (Å²) in [7, 11) is 0. The van der Waals surface area contributed by atoms with E-state index in [0.717, 1.165) is 49.4 Å². The van der Waals surface area contributed by atoms with Gasteiger partial charge in [-0.3, -0.25) is 0 Å². The standard InChI is InChI=1S/2C13H26O3/c2*1-10(2)11-4-6-13(3,7-5-11)16-9-12(15)8-14/h2*10-12,14-15H,4-9H2,1-3H3. The second kappa shape index (κ2) is 14.2. The first-order valence-corrected chi connectivity index (χ1v) is 12.8. The van der Waals surface area contributed by atoms with Gasteiger partial charge in [0.05, 0.1) is 37.6 Å². The third kappa shape index (κ3) is 10.8. The summed E-state index contributed by atoms with van der Waals surface area (Å²) in [6.07, 6.45) is 7.63. The molecule has 2 unspecified atom stereocenters. The Morgan fingerprint density at radius 1 is 0.656 bits per heavy atom. The number of rotatable bonds is 10. The van der Waals surface area contributed by atoms with Crippen molar-refractivity contribution in [1.29, 1.82) is 0 Å². The molecular formula is C26H52O6. The molecule has 2 aliphatic rings. The van der Waals surface area contributed by atoms with Gasteiger partial charge in [-0.2, -0.15) is 0 Å². The summed E-state index contributed by atoms with van der Waals surface area (Å²) < 4.78 is 11.5. The fourth-order valence-corrected chi connectivity index (χ4v) is 4.82. The lowest BCUT2D eigenvalue weighted by molar-refractivity contribution is -0.103. The highest BCUT2D eigenvalue weighted by Gasteiger charge is 2.34. The van der Waals surface area contributed by atoms with Crippen LogP contribution in [0.1, 0.15) is 92.9 Å². The van der Waals surface area contributed by atoms with Gasteiger partial charge in [0.15, 0.2) is 0 Å². The lowest BCUT2D eigenvalue weighted by atomic mass is 9.75. The molecule has 2 fully saturated rings. The van der Waals surface area contributed by atoms with E-state index < -0.39 is 12.2 Å². The van der Waals surface area contributed by atoms with Crippen molar-refractivity contribution in [2.24, 2.45) is 23.7 Å². The highest BCUT2D eigenvalue weighted by molar-refractivity contribution is 4.85. The lowest BCUT2D eigenvalue weighted by Crippen LogP contribution is -2.38. The summed E-state index contributed by atoms with van der Waals surface area (Å²) in [5.74, 6) is 3.15. The number of hydrogen-bond donors (Lipinski definition) is 4. The quantitative estimate of drug-likeness (QED) is 0.394. The first-order valence-electron chi connectivity index (χ1n) is 12.8. The van der Waals surface area contributed by atoms with Crippen LogP contribution in [0.15, 0.2) is 0 Å². The van der Waals surface area contributed by atoms with Crippen LogP contribution in [0, 0.1) is 23.7 Å². The van der Waals surface area contributed by atoms with E-state index in [1.165, 1.54) is 25.7 Å². The molecule has 0 aromatic rings. The van der Waals surface area contributed by atoms with Gasteiger partial charge in [-0.1, -0.05) is 27.7 Å². The average molecular weight is 461 g/mol. The van der Waals surface area contributed by atoms with E-state index in [4.69, 9.17) is 19.7 Å². The van der Waals surface area contributed by atoms with E-state index in [2.05, 4.69) is 41.5 Å². The monoisotopic (exact) mass is 460 g/mol. The molecule has 0 aromatic heterocycles. The van der Waals surface area contributed by atoms with Crippen molar-refractivity contribution in [2.75, 3.05) is 26.4 Å². The third-order valence-electron chi connectivity index (χ3n) is 7.73. The second-order valence-electron chi connectivity index (χ2n) is 11.4. The Kier molecular flexibility index (Phi) is 13.2. The number of aliphatic hydroxyl groups excluding tert-OH is 4. The van der Waals surface area contributed by atoms with E-state index in [1.807, 2.05) is 0 Å². The maximum absolute atomic E-state index is 9.27. The molecule has 0 bridgehead atoms. The van der Waals surface area contributed by atoms with Gasteiger partial charge in [-0.05, 0) is 88.9 Å². The van der Waals surface area contributed by atoms with Gasteiger partial charge in [0.1, 0.15) is 12.2 Å². The normalized spacial score (nSPS) is 33.0. The summed E-state index contributed by atoms with van der Waals surface area (Å²) in [6, 6.07) is 0. The molecule has 6 heteroatoms. The van der Waals surface area contributed by atoms with Gasteiger partial charge in [0, 0.05) is 0 Å². The molecule has 0 spiro atoms. The molecule has 0 heterocycles. The minimum atomic E-state index is -0.736. The van der Waals surface area contributed by atoms with Crippen LogP contribution in [0.2, 0.25) is 0 Å². The lowest BCUT2D eigenvalue weighted by Gasteiger charge is -2.39.